The van der Waals surface area contributed by atoms with Gasteiger partial charge < -0.3 is 14.2 Å². The first-order chi connectivity index (χ1) is 21.6. The second-order valence-corrected chi connectivity index (χ2v) is 10.7. The van der Waals surface area contributed by atoms with Crippen LogP contribution < -0.4 is 11.2 Å². The molecule has 45 heavy (non-hydrogen) atoms. The third-order valence-electron chi connectivity index (χ3n) is 7.71. The fraction of sp³-hybridized carbons (Fsp3) is 0.242. The molecule has 6 rings (SSSR count). The molecule has 0 N–H and O–H groups in total. The number of aromatic nitrogens is 2. The number of carbonyl (C=O) groups is 3. The highest BCUT2D eigenvalue weighted by atomic mass is 19.3. The van der Waals surface area contributed by atoms with Crippen molar-refractivity contribution in [3.63, 3.8) is 0 Å². The van der Waals surface area contributed by atoms with Gasteiger partial charge in [-0.3, -0.25) is 14.2 Å². The predicted molar refractivity (Wildman–Crippen MR) is 154 cm³/mol. The van der Waals surface area contributed by atoms with Crippen LogP contribution in [0.1, 0.15) is 61.6 Å². The summed E-state index contributed by atoms with van der Waals surface area (Å²) in [5.41, 5.74) is -2.20. The summed E-state index contributed by atoms with van der Waals surface area (Å²) in [5.74, 6) is -7.06. The SMILES string of the molecule is O=C(OC[C@H]1O[C@@H](n2cc([C@H]3CC3(F)F)c(=O)n(C(=O)c3ccccc3)c2=O)C[C@@H]1OC(=O)c1ccccc1)c1ccccc1. The molecule has 1 saturated heterocycles. The predicted octanol–water partition coefficient (Wildman–Crippen LogP) is 4.19. The average molecular weight is 617 g/mol. The van der Waals surface area contributed by atoms with Crippen molar-refractivity contribution in [3.05, 3.63) is 140 Å². The minimum absolute atomic E-state index is 0.00401. The van der Waals surface area contributed by atoms with Crippen LogP contribution in [0.5, 0.6) is 0 Å². The monoisotopic (exact) mass is 616 g/mol. The van der Waals surface area contributed by atoms with Crippen molar-refractivity contribution < 1.29 is 37.4 Å². The molecule has 1 saturated carbocycles. The Kier molecular flexibility index (Phi) is 7.98. The largest absolute Gasteiger partial charge is 0.459 e. The zero-order valence-corrected chi connectivity index (χ0v) is 23.6. The normalized spacial score (nSPS) is 21.6. The summed E-state index contributed by atoms with van der Waals surface area (Å²) in [6, 6.07) is 23.7. The zero-order chi connectivity index (χ0) is 31.7. The Morgan fingerprint density at radius 1 is 0.822 bits per heavy atom. The Hall–Kier alpha value is -5.23. The number of hydrogen-bond acceptors (Lipinski definition) is 8. The van der Waals surface area contributed by atoms with Crippen molar-refractivity contribution in [2.45, 2.75) is 43.1 Å². The van der Waals surface area contributed by atoms with Crippen LogP contribution in [0.2, 0.25) is 0 Å². The van der Waals surface area contributed by atoms with Crippen LogP contribution in [0.15, 0.2) is 107 Å². The Morgan fingerprint density at radius 2 is 1.36 bits per heavy atom. The van der Waals surface area contributed by atoms with Crippen molar-refractivity contribution in [2.24, 2.45) is 0 Å². The van der Waals surface area contributed by atoms with Crippen LogP contribution >= 0.6 is 0 Å². The summed E-state index contributed by atoms with van der Waals surface area (Å²) in [7, 11) is 0. The van der Waals surface area contributed by atoms with Crippen LogP contribution in [0, 0.1) is 0 Å². The number of esters is 2. The fourth-order valence-corrected chi connectivity index (χ4v) is 5.22. The molecule has 4 atom stereocenters. The van der Waals surface area contributed by atoms with E-state index in [-0.39, 0.29) is 29.7 Å². The van der Waals surface area contributed by atoms with E-state index in [1.807, 2.05) is 0 Å². The van der Waals surface area contributed by atoms with Gasteiger partial charge in [0.15, 0.2) is 0 Å². The van der Waals surface area contributed by atoms with Gasteiger partial charge in [0.1, 0.15) is 25.0 Å². The molecule has 2 aliphatic rings. The molecule has 1 aliphatic carbocycles. The summed E-state index contributed by atoms with van der Waals surface area (Å²) >= 11 is 0. The van der Waals surface area contributed by atoms with Crippen LogP contribution in [0.4, 0.5) is 8.78 Å². The molecule has 0 bridgehead atoms. The standard InChI is InChI=1S/C33H26F2N2O8/c34-33(35)17-24(33)23-18-36(32(42)37(29(23)39)28(38)20-10-4-1-5-11-20)27-16-25(45-31(41)22-14-8-3-9-15-22)26(44-27)19-43-30(40)21-12-6-2-7-13-21/h1-15,18,24-27H,16-17,19H2/t24-,25+,26-,27-/m1/s1. The molecule has 12 heteroatoms. The first-order valence-electron chi connectivity index (χ1n) is 14.1. The second-order valence-electron chi connectivity index (χ2n) is 10.7. The third-order valence-corrected chi connectivity index (χ3v) is 7.71. The van der Waals surface area contributed by atoms with Gasteiger partial charge in [-0.1, -0.05) is 54.6 Å². The quantitative estimate of drug-likeness (QED) is 0.270. The van der Waals surface area contributed by atoms with E-state index in [1.54, 1.807) is 54.6 Å². The smallest absolute Gasteiger partial charge is 0.340 e. The van der Waals surface area contributed by atoms with E-state index in [1.165, 1.54) is 36.4 Å². The topological polar surface area (TPSA) is 123 Å². The number of nitrogens with zero attached hydrogens (tertiary/aromatic N) is 2. The van der Waals surface area contributed by atoms with Crippen molar-refractivity contribution in [1.29, 1.82) is 0 Å². The van der Waals surface area contributed by atoms with Gasteiger partial charge in [0.2, 0.25) is 0 Å². The lowest BCUT2D eigenvalue weighted by Gasteiger charge is -2.19. The molecule has 0 spiro atoms. The lowest BCUT2D eigenvalue weighted by Crippen LogP contribution is -2.46. The molecular weight excluding hydrogens is 590 g/mol. The molecule has 4 aromatic rings. The van der Waals surface area contributed by atoms with Gasteiger partial charge in [-0.2, -0.15) is 4.57 Å². The summed E-state index contributed by atoms with van der Waals surface area (Å²) in [5, 5.41) is 0. The van der Waals surface area contributed by atoms with Gasteiger partial charge in [0.05, 0.1) is 17.0 Å². The highest BCUT2D eigenvalue weighted by Crippen LogP contribution is 2.54. The van der Waals surface area contributed by atoms with E-state index in [9.17, 15) is 32.8 Å². The lowest BCUT2D eigenvalue weighted by molar-refractivity contribution is -0.0585. The molecule has 2 heterocycles. The first kappa shape index (κ1) is 29.8. The van der Waals surface area contributed by atoms with Crippen molar-refractivity contribution in [1.82, 2.24) is 9.13 Å². The first-order valence-corrected chi connectivity index (χ1v) is 14.1. The molecule has 3 aromatic carbocycles. The number of rotatable bonds is 8. The summed E-state index contributed by atoms with van der Waals surface area (Å²) < 4.78 is 46.8. The second kappa shape index (κ2) is 12.0. The van der Waals surface area contributed by atoms with E-state index >= 15 is 0 Å². The van der Waals surface area contributed by atoms with Crippen molar-refractivity contribution in [2.75, 3.05) is 6.61 Å². The number of benzene rings is 3. The van der Waals surface area contributed by atoms with Gasteiger partial charge in [-0.25, -0.2) is 23.2 Å². The Morgan fingerprint density at radius 3 is 1.91 bits per heavy atom. The molecule has 0 amide bonds. The van der Waals surface area contributed by atoms with Crippen molar-refractivity contribution >= 4 is 17.8 Å². The van der Waals surface area contributed by atoms with Gasteiger partial charge in [0.25, 0.3) is 17.4 Å². The number of carbonyl (C=O) groups excluding carboxylic acids is 3. The highest BCUT2D eigenvalue weighted by Gasteiger charge is 2.59. The van der Waals surface area contributed by atoms with Crippen LogP contribution in [-0.2, 0) is 14.2 Å². The molecule has 0 unspecified atom stereocenters. The number of ether oxygens (including phenoxy) is 3. The van der Waals surface area contributed by atoms with E-state index in [4.69, 9.17) is 14.2 Å². The Balaban J connectivity index is 1.35. The van der Waals surface area contributed by atoms with Gasteiger partial charge in [0, 0.05) is 30.2 Å². The minimum Gasteiger partial charge on any atom is -0.459 e. The number of hydrogen-bond donors (Lipinski definition) is 0. The molecule has 1 aromatic heterocycles. The Labute approximate surface area is 254 Å². The van der Waals surface area contributed by atoms with Gasteiger partial charge in [-0.15, -0.1) is 0 Å². The van der Waals surface area contributed by atoms with Crippen LogP contribution in [0.3, 0.4) is 0 Å². The van der Waals surface area contributed by atoms with Crippen molar-refractivity contribution in [3.8, 4) is 0 Å². The number of halogens is 2. The number of alkyl halides is 2. The summed E-state index contributed by atoms with van der Waals surface area (Å²) in [6.45, 7) is -0.387. The summed E-state index contributed by atoms with van der Waals surface area (Å²) in [4.78, 5) is 66.0. The molecular formula is C33H26F2N2O8. The third kappa shape index (κ3) is 6.09. The fourth-order valence-electron chi connectivity index (χ4n) is 5.22. The Bertz CT molecular complexity index is 1860. The van der Waals surface area contributed by atoms with Crippen LogP contribution in [-0.4, -0.2) is 51.7 Å². The zero-order valence-electron chi connectivity index (χ0n) is 23.6. The van der Waals surface area contributed by atoms with E-state index in [0.29, 0.717) is 4.57 Å². The van der Waals surface area contributed by atoms with E-state index < -0.39 is 71.4 Å². The maximum absolute atomic E-state index is 14.2. The lowest BCUT2D eigenvalue weighted by atomic mass is 10.1. The average Bonchev–Trinajstić information content (AvgIpc) is 3.51. The molecule has 10 nitrogen and oxygen atoms in total. The van der Waals surface area contributed by atoms with Gasteiger partial charge in [-0.05, 0) is 36.4 Å². The van der Waals surface area contributed by atoms with Crippen LogP contribution in [0.25, 0.3) is 0 Å². The molecule has 0 radical (unpaired) electrons. The minimum atomic E-state index is -3.19. The molecule has 230 valence electrons. The highest BCUT2D eigenvalue weighted by molar-refractivity contribution is 5.95. The maximum Gasteiger partial charge on any atom is 0.340 e. The molecule has 2 fully saturated rings. The van der Waals surface area contributed by atoms with E-state index in [2.05, 4.69) is 0 Å². The molecule has 1 aliphatic heterocycles. The maximum atomic E-state index is 14.2. The summed E-state index contributed by atoms with van der Waals surface area (Å²) in [6.07, 6.45) is -3.24. The van der Waals surface area contributed by atoms with E-state index in [0.717, 1.165) is 10.8 Å². The van der Waals surface area contributed by atoms with Gasteiger partial charge >= 0.3 is 17.6 Å².